The molecule has 4 rings (SSSR count). The maximum absolute atomic E-state index is 12.2. The van der Waals surface area contributed by atoms with Crippen molar-refractivity contribution in [1.29, 1.82) is 0 Å². The lowest BCUT2D eigenvalue weighted by Crippen LogP contribution is -2.51. The zero-order valence-electron chi connectivity index (χ0n) is 14.9. The van der Waals surface area contributed by atoms with E-state index in [0.29, 0.717) is 17.2 Å². The van der Waals surface area contributed by atoms with Gasteiger partial charge in [0.05, 0.1) is 0 Å². The lowest BCUT2D eigenvalue weighted by atomic mass is 10.1. The van der Waals surface area contributed by atoms with Gasteiger partial charge in [-0.1, -0.05) is 42.5 Å². The second kappa shape index (κ2) is 7.87. The first-order valence-electron chi connectivity index (χ1n) is 8.78. The first kappa shape index (κ1) is 17.7. The van der Waals surface area contributed by atoms with Crippen LogP contribution in [0.1, 0.15) is 0 Å². The number of ether oxygens (including phenoxy) is 3. The first-order valence-corrected chi connectivity index (χ1v) is 8.78. The monoisotopic (exact) mass is 378 g/mol. The van der Waals surface area contributed by atoms with Gasteiger partial charge in [-0.2, -0.15) is 0 Å². The highest BCUT2D eigenvalue weighted by molar-refractivity contribution is 5.86. The summed E-state index contributed by atoms with van der Waals surface area (Å²) < 4.78 is 16.5. The largest absolute Gasteiger partial charge is 0.485 e. The van der Waals surface area contributed by atoms with Gasteiger partial charge >= 0.3 is 0 Å². The number of fused-ring (bicyclic) bond motifs is 2. The van der Waals surface area contributed by atoms with Crippen molar-refractivity contribution >= 4 is 22.6 Å². The van der Waals surface area contributed by atoms with Crippen LogP contribution in [0.2, 0.25) is 0 Å². The summed E-state index contributed by atoms with van der Waals surface area (Å²) in [6.07, 6.45) is -0.850. The van der Waals surface area contributed by atoms with Crippen LogP contribution >= 0.6 is 0 Å². The van der Waals surface area contributed by atoms with Gasteiger partial charge in [-0.25, -0.2) is 0 Å². The maximum Gasteiger partial charge on any atom is 0.283 e. The van der Waals surface area contributed by atoms with Gasteiger partial charge in [-0.15, -0.1) is 0 Å². The van der Waals surface area contributed by atoms with Gasteiger partial charge in [0, 0.05) is 0 Å². The molecule has 0 saturated heterocycles. The molecule has 0 bridgehead atoms. The Balaban J connectivity index is 1.25. The number of carbonyl (C=O) groups excluding carboxylic acids is 2. The molecule has 0 spiro atoms. The van der Waals surface area contributed by atoms with Crippen molar-refractivity contribution in [3.8, 4) is 17.2 Å². The fourth-order valence-corrected chi connectivity index (χ4v) is 2.80. The van der Waals surface area contributed by atoms with Gasteiger partial charge in [-0.3, -0.25) is 20.4 Å². The summed E-state index contributed by atoms with van der Waals surface area (Å²) in [5.74, 6) is 0.646. The van der Waals surface area contributed by atoms with E-state index in [1.54, 1.807) is 24.3 Å². The number of hydrogen-bond donors (Lipinski definition) is 2. The number of para-hydroxylation sites is 2. The van der Waals surface area contributed by atoms with Crippen molar-refractivity contribution < 1.29 is 23.8 Å². The van der Waals surface area contributed by atoms with Crippen LogP contribution in [0.3, 0.4) is 0 Å². The summed E-state index contributed by atoms with van der Waals surface area (Å²) in [6, 6.07) is 20.5. The van der Waals surface area contributed by atoms with Crippen molar-refractivity contribution in [3.63, 3.8) is 0 Å². The normalized spacial score (nSPS) is 14.9. The van der Waals surface area contributed by atoms with E-state index in [1.807, 2.05) is 42.5 Å². The number of amides is 2. The zero-order valence-corrected chi connectivity index (χ0v) is 14.9. The van der Waals surface area contributed by atoms with Crippen LogP contribution in [0.4, 0.5) is 0 Å². The van der Waals surface area contributed by atoms with Crippen molar-refractivity contribution in [2.24, 2.45) is 0 Å². The quantitative estimate of drug-likeness (QED) is 0.680. The van der Waals surface area contributed by atoms with Crippen molar-refractivity contribution in [1.82, 2.24) is 10.9 Å². The van der Waals surface area contributed by atoms with Gasteiger partial charge in [0.2, 0.25) is 6.10 Å². The van der Waals surface area contributed by atoms with Crippen LogP contribution in [0.5, 0.6) is 17.2 Å². The smallest absolute Gasteiger partial charge is 0.283 e. The molecule has 1 aliphatic heterocycles. The molecule has 142 valence electrons. The minimum Gasteiger partial charge on any atom is -0.485 e. The molecule has 1 unspecified atom stereocenters. The van der Waals surface area contributed by atoms with E-state index in [9.17, 15) is 9.59 Å². The van der Waals surface area contributed by atoms with Crippen LogP contribution in [0.15, 0.2) is 66.7 Å². The predicted octanol–water partition coefficient (Wildman–Crippen LogP) is 2.21. The molecule has 7 nitrogen and oxygen atoms in total. The van der Waals surface area contributed by atoms with E-state index in [4.69, 9.17) is 14.2 Å². The Morgan fingerprint density at radius 3 is 2.54 bits per heavy atom. The minimum absolute atomic E-state index is 0.0618. The van der Waals surface area contributed by atoms with Gasteiger partial charge < -0.3 is 14.2 Å². The first-order chi connectivity index (χ1) is 13.7. The van der Waals surface area contributed by atoms with Crippen molar-refractivity contribution in [3.05, 3.63) is 66.7 Å². The van der Waals surface area contributed by atoms with E-state index >= 15 is 0 Å². The summed E-state index contributed by atoms with van der Waals surface area (Å²) in [4.78, 5) is 24.1. The molecule has 3 aromatic rings. The Bertz CT molecular complexity index is 1020. The minimum atomic E-state index is -0.850. The molecule has 0 saturated carbocycles. The van der Waals surface area contributed by atoms with E-state index in [1.165, 1.54) is 0 Å². The molecule has 2 N–H and O–H groups in total. The van der Waals surface area contributed by atoms with Crippen LogP contribution in [0.25, 0.3) is 10.8 Å². The summed E-state index contributed by atoms with van der Waals surface area (Å²) in [7, 11) is 0. The van der Waals surface area contributed by atoms with Crippen molar-refractivity contribution in [2.75, 3.05) is 13.2 Å². The summed E-state index contributed by atoms with van der Waals surface area (Å²) >= 11 is 0. The fourth-order valence-electron chi connectivity index (χ4n) is 2.80. The summed E-state index contributed by atoms with van der Waals surface area (Å²) in [5.41, 5.74) is 4.64. The summed E-state index contributed by atoms with van der Waals surface area (Å²) in [6.45, 7) is -0.171. The van der Waals surface area contributed by atoms with Gasteiger partial charge in [0.1, 0.15) is 12.4 Å². The van der Waals surface area contributed by atoms with Gasteiger partial charge in [0.15, 0.2) is 18.1 Å². The highest BCUT2D eigenvalue weighted by Gasteiger charge is 2.27. The Hall–Kier alpha value is -3.74. The second-order valence-corrected chi connectivity index (χ2v) is 6.20. The van der Waals surface area contributed by atoms with Crippen LogP contribution in [-0.4, -0.2) is 31.1 Å². The fraction of sp³-hybridized carbons (Fsp3) is 0.143. The third-order valence-corrected chi connectivity index (χ3v) is 4.22. The molecule has 7 heteroatoms. The molecule has 3 aromatic carbocycles. The number of hydrazine groups is 1. The standard InChI is InChI=1S/C21H18N2O5/c24-20(13-26-16-10-9-14-5-1-2-6-15(14)11-16)22-23-21(25)19-12-27-17-7-3-4-8-18(17)28-19/h1-11,19H,12-13H2,(H,22,24)(H,23,25). The predicted molar refractivity (Wildman–Crippen MR) is 102 cm³/mol. The number of benzene rings is 3. The number of hydrogen-bond acceptors (Lipinski definition) is 5. The third kappa shape index (κ3) is 3.98. The van der Waals surface area contributed by atoms with E-state index < -0.39 is 17.9 Å². The second-order valence-electron chi connectivity index (χ2n) is 6.20. The Labute approximate surface area is 161 Å². The van der Waals surface area contributed by atoms with Crippen LogP contribution < -0.4 is 25.1 Å². The Kier molecular flexibility index (Phi) is 4.97. The molecule has 0 radical (unpaired) electrons. The van der Waals surface area contributed by atoms with Gasteiger partial charge in [-0.05, 0) is 35.0 Å². The average molecular weight is 378 g/mol. The van der Waals surface area contributed by atoms with E-state index in [-0.39, 0.29) is 13.2 Å². The molecule has 0 fully saturated rings. The van der Waals surface area contributed by atoms with Crippen LogP contribution in [-0.2, 0) is 9.59 Å². The van der Waals surface area contributed by atoms with E-state index in [0.717, 1.165) is 10.8 Å². The molecule has 0 aromatic heterocycles. The molecule has 28 heavy (non-hydrogen) atoms. The lowest BCUT2D eigenvalue weighted by Gasteiger charge is -2.25. The molecule has 1 atom stereocenters. The number of nitrogens with one attached hydrogen (secondary N) is 2. The Morgan fingerprint density at radius 1 is 0.929 bits per heavy atom. The third-order valence-electron chi connectivity index (χ3n) is 4.22. The molecule has 2 amide bonds. The number of rotatable bonds is 4. The average Bonchev–Trinajstić information content (AvgIpc) is 2.75. The SMILES string of the molecule is O=C(COc1ccc2ccccc2c1)NNC(=O)C1COc2ccccc2O1. The Morgan fingerprint density at radius 2 is 1.68 bits per heavy atom. The topological polar surface area (TPSA) is 85.9 Å². The molecular formula is C21H18N2O5. The zero-order chi connectivity index (χ0) is 19.3. The lowest BCUT2D eigenvalue weighted by molar-refractivity contribution is -0.135. The maximum atomic E-state index is 12.2. The van der Waals surface area contributed by atoms with Crippen molar-refractivity contribution in [2.45, 2.75) is 6.10 Å². The molecule has 1 heterocycles. The summed E-state index contributed by atoms with van der Waals surface area (Å²) in [5, 5.41) is 2.10. The highest BCUT2D eigenvalue weighted by atomic mass is 16.6. The van der Waals surface area contributed by atoms with E-state index in [2.05, 4.69) is 10.9 Å². The van der Waals surface area contributed by atoms with Crippen LogP contribution in [0, 0.1) is 0 Å². The highest BCUT2D eigenvalue weighted by Crippen LogP contribution is 2.30. The molecule has 1 aliphatic rings. The van der Waals surface area contributed by atoms with Gasteiger partial charge in [0.25, 0.3) is 11.8 Å². The number of carbonyl (C=O) groups is 2. The molecular weight excluding hydrogens is 360 g/mol. The molecule has 0 aliphatic carbocycles.